The van der Waals surface area contributed by atoms with Gasteiger partial charge < -0.3 is 14.8 Å². The fraction of sp³-hybridized carbons (Fsp3) is 0.353. The maximum absolute atomic E-state index is 12.1. The Morgan fingerprint density at radius 2 is 1.96 bits per heavy atom. The van der Waals surface area contributed by atoms with Crippen LogP contribution in [0.25, 0.3) is 10.6 Å². The third-order valence-electron chi connectivity index (χ3n) is 2.89. The monoisotopic (exact) mass is 348 g/mol. The Balaban J connectivity index is 2.02. The minimum absolute atomic E-state index is 0.197. The fourth-order valence-electron chi connectivity index (χ4n) is 1.94. The van der Waals surface area contributed by atoms with Crippen molar-refractivity contribution in [2.45, 2.75) is 26.4 Å². The van der Waals surface area contributed by atoms with Crippen LogP contribution in [-0.4, -0.2) is 36.1 Å². The molecule has 7 heteroatoms. The summed E-state index contributed by atoms with van der Waals surface area (Å²) in [7, 11) is 1.58. The van der Waals surface area contributed by atoms with E-state index in [9.17, 15) is 9.59 Å². The van der Waals surface area contributed by atoms with Gasteiger partial charge in [-0.05, 0) is 32.9 Å². The summed E-state index contributed by atoms with van der Waals surface area (Å²) in [5.74, 6) is -0.221. The zero-order valence-corrected chi connectivity index (χ0v) is 14.9. The van der Waals surface area contributed by atoms with Crippen molar-refractivity contribution in [2.24, 2.45) is 0 Å². The molecule has 1 heterocycles. The number of benzene rings is 1. The second-order valence-electron chi connectivity index (χ2n) is 6.01. The smallest absolute Gasteiger partial charge is 0.325 e. The van der Waals surface area contributed by atoms with E-state index in [2.05, 4.69) is 10.3 Å². The number of aromatic nitrogens is 1. The normalized spacial score (nSPS) is 11.0. The highest BCUT2D eigenvalue weighted by molar-refractivity contribution is 7.13. The lowest BCUT2D eigenvalue weighted by Gasteiger charge is -2.19. The summed E-state index contributed by atoms with van der Waals surface area (Å²) >= 11 is 1.34. The number of thiazole rings is 1. The van der Waals surface area contributed by atoms with Crippen molar-refractivity contribution in [3.05, 3.63) is 35.3 Å². The number of hydrogen-bond acceptors (Lipinski definition) is 6. The van der Waals surface area contributed by atoms with Crippen molar-refractivity contribution in [1.29, 1.82) is 0 Å². The summed E-state index contributed by atoms with van der Waals surface area (Å²) in [6.07, 6.45) is 0. The van der Waals surface area contributed by atoms with Crippen LogP contribution in [0.1, 0.15) is 31.3 Å². The molecule has 2 aromatic rings. The number of nitrogens with zero attached hydrogens (tertiary/aromatic N) is 1. The maximum Gasteiger partial charge on any atom is 0.325 e. The Morgan fingerprint density at radius 3 is 2.62 bits per heavy atom. The fourth-order valence-corrected chi connectivity index (χ4v) is 2.77. The zero-order valence-electron chi connectivity index (χ0n) is 14.1. The molecule has 0 aliphatic rings. The number of esters is 1. The number of nitrogens with one attached hydrogen (secondary N) is 1. The maximum atomic E-state index is 12.1. The van der Waals surface area contributed by atoms with Crippen molar-refractivity contribution >= 4 is 23.2 Å². The highest BCUT2D eigenvalue weighted by Crippen LogP contribution is 2.31. The number of carbonyl (C=O) groups is 2. The van der Waals surface area contributed by atoms with E-state index in [1.165, 1.54) is 11.3 Å². The first-order valence-corrected chi connectivity index (χ1v) is 8.27. The van der Waals surface area contributed by atoms with Crippen LogP contribution in [-0.2, 0) is 9.53 Å². The van der Waals surface area contributed by atoms with Gasteiger partial charge in [-0.15, -0.1) is 11.3 Å². The Kier molecular flexibility index (Phi) is 5.56. The van der Waals surface area contributed by atoms with Gasteiger partial charge in [0.2, 0.25) is 0 Å². The van der Waals surface area contributed by atoms with Gasteiger partial charge in [0.05, 0.1) is 12.7 Å². The molecule has 1 aromatic heterocycles. The van der Waals surface area contributed by atoms with Gasteiger partial charge in [-0.3, -0.25) is 9.59 Å². The molecular formula is C17H20N2O4S. The van der Waals surface area contributed by atoms with E-state index in [0.717, 1.165) is 5.56 Å². The molecule has 1 N–H and O–H groups in total. The standard InChI is InChI=1S/C17H20N2O4S/c1-17(2,3)23-14(20)9-18-15(21)12-10-24-16(19-12)11-7-5-6-8-13(11)22-4/h5-8,10H,9H2,1-4H3,(H,18,21). The quantitative estimate of drug-likeness (QED) is 0.841. The van der Waals surface area contributed by atoms with E-state index < -0.39 is 17.5 Å². The number of hydrogen-bond donors (Lipinski definition) is 1. The number of methoxy groups -OCH3 is 1. The molecule has 128 valence electrons. The van der Waals surface area contributed by atoms with Crippen molar-refractivity contribution in [2.75, 3.05) is 13.7 Å². The third kappa shape index (κ3) is 4.79. The topological polar surface area (TPSA) is 77.5 Å². The molecule has 0 fully saturated rings. The first-order chi connectivity index (χ1) is 11.3. The van der Waals surface area contributed by atoms with Crippen LogP contribution in [0.2, 0.25) is 0 Å². The molecule has 24 heavy (non-hydrogen) atoms. The molecule has 0 unspecified atom stereocenters. The van der Waals surface area contributed by atoms with Crippen LogP contribution >= 0.6 is 11.3 Å². The lowest BCUT2D eigenvalue weighted by Crippen LogP contribution is -2.34. The van der Waals surface area contributed by atoms with Crippen molar-refractivity contribution < 1.29 is 19.1 Å². The van der Waals surface area contributed by atoms with Crippen LogP contribution < -0.4 is 10.1 Å². The number of rotatable bonds is 5. The van der Waals surface area contributed by atoms with Gasteiger partial charge in [0.25, 0.3) is 5.91 Å². The summed E-state index contributed by atoms with van der Waals surface area (Å²) in [6.45, 7) is 5.11. The second kappa shape index (κ2) is 7.44. The van der Waals surface area contributed by atoms with Gasteiger partial charge in [-0.25, -0.2) is 4.98 Å². The van der Waals surface area contributed by atoms with Crippen LogP contribution in [0.5, 0.6) is 5.75 Å². The summed E-state index contributed by atoms with van der Waals surface area (Å²) < 4.78 is 10.4. The molecule has 0 aliphatic carbocycles. The lowest BCUT2D eigenvalue weighted by atomic mass is 10.2. The second-order valence-corrected chi connectivity index (χ2v) is 6.87. The minimum Gasteiger partial charge on any atom is -0.496 e. The average Bonchev–Trinajstić information content (AvgIpc) is 3.00. The van der Waals surface area contributed by atoms with Crippen LogP contribution in [0.4, 0.5) is 0 Å². The van der Waals surface area contributed by atoms with Gasteiger partial charge in [-0.2, -0.15) is 0 Å². The average molecular weight is 348 g/mol. The number of amides is 1. The van der Waals surface area contributed by atoms with Gasteiger partial charge in [0.15, 0.2) is 0 Å². The van der Waals surface area contributed by atoms with Crippen LogP contribution in [0.15, 0.2) is 29.6 Å². The highest BCUT2D eigenvalue weighted by atomic mass is 32.1. The lowest BCUT2D eigenvalue weighted by molar-refractivity contribution is -0.153. The van der Waals surface area contributed by atoms with E-state index in [1.807, 2.05) is 24.3 Å². The Morgan fingerprint density at radius 1 is 1.25 bits per heavy atom. The van der Waals surface area contributed by atoms with E-state index >= 15 is 0 Å². The third-order valence-corrected chi connectivity index (χ3v) is 3.76. The number of carbonyl (C=O) groups excluding carboxylic acids is 2. The summed E-state index contributed by atoms with van der Waals surface area (Å²) in [5, 5.41) is 4.83. The Labute approximate surface area is 144 Å². The largest absolute Gasteiger partial charge is 0.496 e. The SMILES string of the molecule is COc1ccccc1-c1nc(C(=O)NCC(=O)OC(C)(C)C)cs1. The minimum atomic E-state index is -0.584. The van der Waals surface area contributed by atoms with E-state index in [0.29, 0.717) is 10.8 Å². The molecule has 0 radical (unpaired) electrons. The summed E-state index contributed by atoms with van der Waals surface area (Å²) in [4.78, 5) is 28.1. The molecule has 1 aromatic carbocycles. The van der Waals surface area contributed by atoms with Crippen molar-refractivity contribution in [3.63, 3.8) is 0 Å². The van der Waals surface area contributed by atoms with Gasteiger partial charge in [0.1, 0.15) is 28.6 Å². The van der Waals surface area contributed by atoms with E-state index in [1.54, 1.807) is 33.3 Å². The molecule has 0 aliphatic heterocycles. The number of ether oxygens (including phenoxy) is 2. The van der Waals surface area contributed by atoms with Gasteiger partial charge in [-0.1, -0.05) is 12.1 Å². The Hall–Kier alpha value is -2.41. The van der Waals surface area contributed by atoms with Gasteiger partial charge >= 0.3 is 5.97 Å². The molecule has 1 amide bonds. The molecule has 2 rings (SSSR count). The molecule has 6 nitrogen and oxygen atoms in total. The Bertz CT molecular complexity index is 734. The van der Waals surface area contributed by atoms with Crippen LogP contribution in [0, 0.1) is 0 Å². The van der Waals surface area contributed by atoms with E-state index in [4.69, 9.17) is 9.47 Å². The molecular weight excluding hydrogens is 328 g/mol. The number of para-hydroxylation sites is 1. The van der Waals surface area contributed by atoms with Crippen molar-refractivity contribution in [1.82, 2.24) is 10.3 Å². The predicted octanol–water partition coefficient (Wildman–Crippen LogP) is 2.89. The highest BCUT2D eigenvalue weighted by Gasteiger charge is 2.18. The zero-order chi connectivity index (χ0) is 17.7. The van der Waals surface area contributed by atoms with Crippen LogP contribution in [0.3, 0.4) is 0 Å². The molecule has 0 atom stereocenters. The summed E-state index contributed by atoms with van der Waals surface area (Å²) in [5.41, 5.74) is 0.486. The molecule has 0 saturated carbocycles. The summed E-state index contributed by atoms with van der Waals surface area (Å²) in [6, 6.07) is 7.45. The first-order valence-electron chi connectivity index (χ1n) is 7.39. The molecule has 0 saturated heterocycles. The van der Waals surface area contributed by atoms with Gasteiger partial charge in [0, 0.05) is 5.38 Å². The first kappa shape index (κ1) is 17.9. The predicted molar refractivity (Wildman–Crippen MR) is 92.3 cm³/mol. The molecule has 0 spiro atoms. The van der Waals surface area contributed by atoms with Crippen molar-refractivity contribution in [3.8, 4) is 16.3 Å². The molecule has 0 bridgehead atoms. The van der Waals surface area contributed by atoms with E-state index in [-0.39, 0.29) is 12.2 Å².